The number of morpholine rings is 1. The molecule has 2 aliphatic rings. The first kappa shape index (κ1) is 19.2. The molecule has 1 aromatic rings. The Bertz CT molecular complexity index is 857. The third kappa shape index (κ3) is 3.37. The van der Waals surface area contributed by atoms with Crippen molar-refractivity contribution in [3.63, 3.8) is 0 Å². The lowest BCUT2D eigenvalue weighted by Gasteiger charge is -2.38. The summed E-state index contributed by atoms with van der Waals surface area (Å²) < 4.78 is 31.4. The standard InChI is InChI=1S/C15H21N3O6S2/c1-14(2)13(24-6-5-17-14)26(22,23)9-7-8(10(16)19)11(25-9)18-12(20)15(21)3-4-15/h7,13,17,21H,3-6H2,1-2H3,(H2,16,19)(H,18,20). The van der Waals surface area contributed by atoms with E-state index in [1.54, 1.807) is 13.8 Å². The molecule has 1 atom stereocenters. The summed E-state index contributed by atoms with van der Waals surface area (Å²) >= 11 is 0.722. The number of aliphatic hydroxyl groups is 1. The summed E-state index contributed by atoms with van der Waals surface area (Å²) in [4.78, 5) is 23.7. The Balaban J connectivity index is 1.96. The van der Waals surface area contributed by atoms with Gasteiger partial charge in [-0.2, -0.15) is 0 Å². The Hall–Kier alpha value is -1.53. The van der Waals surface area contributed by atoms with E-state index in [0.29, 0.717) is 19.4 Å². The number of amides is 2. The second-order valence-corrected chi connectivity index (χ2v) is 10.3. The number of hydrogen-bond donors (Lipinski definition) is 4. The van der Waals surface area contributed by atoms with Gasteiger partial charge < -0.3 is 26.2 Å². The van der Waals surface area contributed by atoms with Crippen LogP contribution in [-0.4, -0.2) is 55.1 Å². The van der Waals surface area contributed by atoms with Gasteiger partial charge in [0.05, 0.1) is 17.7 Å². The number of sulfone groups is 1. The van der Waals surface area contributed by atoms with Crippen molar-refractivity contribution in [1.29, 1.82) is 0 Å². The van der Waals surface area contributed by atoms with Gasteiger partial charge in [0, 0.05) is 6.54 Å². The summed E-state index contributed by atoms with van der Waals surface area (Å²) in [6.07, 6.45) is 0.633. The highest BCUT2D eigenvalue weighted by Gasteiger charge is 2.49. The first-order valence-corrected chi connectivity index (χ1v) is 10.4. The normalized spacial score (nSPS) is 24.0. The van der Waals surface area contributed by atoms with E-state index in [4.69, 9.17) is 10.5 Å². The van der Waals surface area contributed by atoms with Crippen LogP contribution in [0.1, 0.15) is 37.0 Å². The summed E-state index contributed by atoms with van der Waals surface area (Å²) in [5.74, 6) is -1.55. The zero-order chi connectivity index (χ0) is 19.3. The van der Waals surface area contributed by atoms with Crippen LogP contribution in [0.25, 0.3) is 0 Å². The number of nitrogens with one attached hydrogen (secondary N) is 2. The van der Waals surface area contributed by atoms with Gasteiger partial charge in [-0.1, -0.05) is 0 Å². The number of carbonyl (C=O) groups is 2. The monoisotopic (exact) mass is 403 g/mol. The summed E-state index contributed by atoms with van der Waals surface area (Å²) in [6.45, 7) is 4.18. The molecule has 1 unspecified atom stereocenters. The van der Waals surface area contributed by atoms with Crippen molar-refractivity contribution in [3.8, 4) is 0 Å². The van der Waals surface area contributed by atoms with Gasteiger partial charge in [0.2, 0.25) is 9.84 Å². The van der Waals surface area contributed by atoms with Gasteiger partial charge in [-0.15, -0.1) is 11.3 Å². The quantitative estimate of drug-likeness (QED) is 0.532. The molecule has 1 aliphatic heterocycles. The minimum absolute atomic E-state index is 0.00275. The average molecular weight is 403 g/mol. The minimum Gasteiger partial charge on any atom is -0.380 e. The molecule has 144 valence electrons. The number of rotatable bonds is 5. The molecule has 0 spiro atoms. The van der Waals surface area contributed by atoms with E-state index in [1.807, 2.05) is 0 Å². The molecular formula is C15H21N3O6S2. The summed E-state index contributed by atoms with van der Waals surface area (Å²) in [5, 5.41) is 15.4. The molecule has 1 saturated heterocycles. The molecule has 0 aromatic carbocycles. The highest BCUT2D eigenvalue weighted by atomic mass is 32.2. The van der Waals surface area contributed by atoms with Gasteiger partial charge >= 0.3 is 0 Å². The molecule has 3 rings (SSSR count). The smallest absolute Gasteiger partial charge is 0.256 e. The maximum atomic E-state index is 13.0. The van der Waals surface area contributed by atoms with Crippen LogP contribution in [0.4, 0.5) is 5.00 Å². The molecule has 1 aliphatic carbocycles. The molecule has 0 radical (unpaired) electrons. The third-order valence-corrected chi connectivity index (χ3v) is 8.21. The fourth-order valence-electron chi connectivity index (χ4n) is 2.76. The molecule has 9 nitrogen and oxygen atoms in total. The van der Waals surface area contributed by atoms with Gasteiger partial charge in [-0.05, 0) is 32.8 Å². The second kappa shape index (κ2) is 6.27. The Labute approximate surface area is 154 Å². The van der Waals surface area contributed by atoms with Crippen LogP contribution in [0.15, 0.2) is 10.3 Å². The van der Waals surface area contributed by atoms with Crippen LogP contribution in [-0.2, 0) is 19.4 Å². The van der Waals surface area contributed by atoms with Crippen molar-refractivity contribution >= 4 is 38.0 Å². The lowest BCUT2D eigenvalue weighted by atomic mass is 10.1. The number of ether oxygens (including phenoxy) is 1. The van der Waals surface area contributed by atoms with E-state index in [0.717, 1.165) is 17.4 Å². The zero-order valence-electron chi connectivity index (χ0n) is 14.4. The summed E-state index contributed by atoms with van der Waals surface area (Å²) in [7, 11) is -3.95. The fourth-order valence-corrected chi connectivity index (χ4v) is 6.16. The van der Waals surface area contributed by atoms with Gasteiger partial charge in [0.15, 0.2) is 5.44 Å². The van der Waals surface area contributed by atoms with Gasteiger partial charge in [0.1, 0.15) is 14.8 Å². The fraction of sp³-hybridized carbons (Fsp3) is 0.600. The largest absolute Gasteiger partial charge is 0.380 e. The topological polar surface area (TPSA) is 148 Å². The van der Waals surface area contributed by atoms with Gasteiger partial charge in [0.25, 0.3) is 11.8 Å². The molecule has 1 saturated carbocycles. The molecule has 0 bridgehead atoms. The number of carbonyl (C=O) groups excluding carboxylic acids is 2. The van der Waals surface area contributed by atoms with E-state index in [9.17, 15) is 23.1 Å². The Morgan fingerprint density at radius 1 is 1.42 bits per heavy atom. The van der Waals surface area contributed by atoms with E-state index >= 15 is 0 Å². The minimum atomic E-state index is -3.95. The Morgan fingerprint density at radius 3 is 2.62 bits per heavy atom. The lowest BCUT2D eigenvalue weighted by molar-refractivity contribution is -0.125. The molecule has 11 heteroatoms. The number of anilines is 1. The Kier molecular flexibility index (Phi) is 4.64. The molecule has 2 amide bonds. The predicted octanol–water partition coefficient (Wildman–Crippen LogP) is -0.191. The lowest BCUT2D eigenvalue weighted by Crippen LogP contribution is -2.58. The van der Waals surface area contributed by atoms with Crippen molar-refractivity contribution in [3.05, 3.63) is 11.6 Å². The number of hydrogen-bond acceptors (Lipinski definition) is 8. The highest BCUT2D eigenvalue weighted by Crippen LogP contribution is 2.40. The van der Waals surface area contributed by atoms with Crippen LogP contribution in [0.2, 0.25) is 0 Å². The molecule has 2 fully saturated rings. The number of nitrogens with two attached hydrogens (primary N) is 1. The highest BCUT2D eigenvalue weighted by molar-refractivity contribution is 7.94. The van der Waals surface area contributed by atoms with Crippen LogP contribution < -0.4 is 16.4 Å². The van der Waals surface area contributed by atoms with Crippen molar-refractivity contribution in [2.45, 2.75) is 47.5 Å². The van der Waals surface area contributed by atoms with Gasteiger partial charge in [-0.25, -0.2) is 8.42 Å². The number of primary amides is 1. The first-order valence-electron chi connectivity index (χ1n) is 8.05. The maximum absolute atomic E-state index is 13.0. The molecule has 1 aromatic heterocycles. The third-order valence-electron chi connectivity index (χ3n) is 4.45. The predicted molar refractivity (Wildman–Crippen MR) is 94.7 cm³/mol. The summed E-state index contributed by atoms with van der Waals surface area (Å²) in [6, 6.07) is 1.14. The Morgan fingerprint density at radius 2 is 2.08 bits per heavy atom. The molecule has 2 heterocycles. The second-order valence-electron chi connectivity index (χ2n) is 7.05. The van der Waals surface area contributed by atoms with Crippen LogP contribution >= 0.6 is 11.3 Å². The van der Waals surface area contributed by atoms with Crippen molar-refractivity contribution in [1.82, 2.24) is 5.32 Å². The SMILES string of the molecule is CC1(C)NCCOC1S(=O)(=O)c1cc(C(N)=O)c(NC(=O)C2(O)CC2)s1. The van der Waals surface area contributed by atoms with Crippen LogP contribution in [0.5, 0.6) is 0 Å². The molecule has 5 N–H and O–H groups in total. The van der Waals surface area contributed by atoms with E-state index < -0.39 is 38.2 Å². The zero-order valence-corrected chi connectivity index (χ0v) is 16.0. The first-order chi connectivity index (χ1) is 12.0. The summed E-state index contributed by atoms with van der Waals surface area (Å²) in [5.41, 5.74) is 1.75. The van der Waals surface area contributed by atoms with Crippen molar-refractivity contribution in [2.24, 2.45) is 5.73 Å². The van der Waals surface area contributed by atoms with Crippen LogP contribution in [0.3, 0.4) is 0 Å². The molecule has 26 heavy (non-hydrogen) atoms. The molecular weight excluding hydrogens is 382 g/mol. The van der Waals surface area contributed by atoms with E-state index in [2.05, 4.69) is 10.6 Å². The maximum Gasteiger partial charge on any atom is 0.256 e. The van der Waals surface area contributed by atoms with E-state index in [-0.39, 0.29) is 21.4 Å². The van der Waals surface area contributed by atoms with Gasteiger partial charge in [-0.3, -0.25) is 9.59 Å². The number of thiophene rings is 1. The van der Waals surface area contributed by atoms with Crippen molar-refractivity contribution in [2.75, 3.05) is 18.5 Å². The van der Waals surface area contributed by atoms with Crippen molar-refractivity contribution < 1.29 is 27.9 Å². The average Bonchev–Trinajstić information content (AvgIpc) is 3.13. The van der Waals surface area contributed by atoms with E-state index in [1.165, 1.54) is 0 Å². The van der Waals surface area contributed by atoms with Crippen LogP contribution in [0, 0.1) is 0 Å².